The molecule has 1 fully saturated rings. The van der Waals surface area contributed by atoms with Crippen LogP contribution in [0.2, 0.25) is 0 Å². The molecule has 0 aliphatic carbocycles. The molecule has 2 rings (SSSR count). The van der Waals surface area contributed by atoms with E-state index in [1.807, 2.05) is 0 Å². The Bertz CT molecular complexity index is 1770. The first-order valence-electron chi connectivity index (χ1n) is 18.8. The second-order valence-corrected chi connectivity index (χ2v) is 14.4. The number of phenols is 1. The molecule has 1 saturated heterocycles. The summed E-state index contributed by atoms with van der Waals surface area (Å²) in [5.74, 6) is -10.1. The van der Waals surface area contributed by atoms with Gasteiger partial charge in [-0.2, -0.15) is 25.3 Å². The van der Waals surface area contributed by atoms with Crippen LogP contribution in [0.4, 0.5) is 0 Å². The molecule has 1 heterocycles. The number of likely N-dealkylation sites (tertiary alicyclic amines) is 1. The van der Waals surface area contributed by atoms with Gasteiger partial charge in [0.25, 0.3) is 0 Å². The minimum absolute atomic E-state index is 0.0140. The van der Waals surface area contributed by atoms with Crippen molar-refractivity contribution in [1.29, 1.82) is 0 Å². The fraction of sp³-hybridized carbons (Fsp3) is 0.543. The van der Waals surface area contributed by atoms with E-state index >= 15 is 0 Å². The van der Waals surface area contributed by atoms with Crippen LogP contribution in [0.3, 0.4) is 0 Å². The molecule has 0 unspecified atom stereocenters. The quantitative estimate of drug-likeness (QED) is 0.0188. The molecule has 1 aromatic rings. The van der Waals surface area contributed by atoms with Crippen molar-refractivity contribution in [2.75, 3.05) is 37.7 Å². The monoisotopic (exact) mass is 899 g/mol. The van der Waals surface area contributed by atoms with Gasteiger partial charge in [0.1, 0.15) is 42.0 Å². The third-order valence-corrected chi connectivity index (χ3v) is 9.77. The molecule has 7 amide bonds. The Morgan fingerprint density at radius 1 is 0.803 bits per heavy atom. The molecule has 26 heteroatoms. The van der Waals surface area contributed by atoms with E-state index in [-0.39, 0.29) is 68.4 Å². The number of hydrogen-bond donors (Lipinski definition) is 15. The number of guanidine groups is 1. The molecule has 0 saturated carbocycles. The molecule has 16 N–H and O–H groups in total. The van der Waals surface area contributed by atoms with Crippen molar-refractivity contribution in [3.63, 3.8) is 0 Å². The first kappa shape index (κ1) is 51.3. The lowest BCUT2D eigenvalue weighted by atomic mass is 10.1. The molecule has 61 heavy (non-hydrogen) atoms. The number of nitrogens with one attached hydrogen (secondary N) is 6. The number of aliphatic carboxylic acids is 2. The number of nitrogens with zero attached hydrogens (tertiary/aromatic N) is 2. The largest absolute Gasteiger partial charge is 0.508 e. The van der Waals surface area contributed by atoms with E-state index in [1.165, 1.54) is 24.3 Å². The van der Waals surface area contributed by atoms with Crippen molar-refractivity contribution in [2.45, 2.75) is 80.8 Å². The summed E-state index contributed by atoms with van der Waals surface area (Å²) >= 11 is 8.02. The number of aromatic hydroxyl groups is 1. The highest BCUT2D eigenvalue weighted by molar-refractivity contribution is 7.80. The van der Waals surface area contributed by atoms with Crippen molar-refractivity contribution in [3.05, 3.63) is 29.8 Å². The number of amides is 7. The van der Waals surface area contributed by atoms with Gasteiger partial charge in [-0.05, 0) is 43.4 Å². The maximum Gasteiger partial charge on any atom is 0.326 e. The molecule has 1 aromatic carbocycles. The first-order chi connectivity index (χ1) is 28.8. The summed E-state index contributed by atoms with van der Waals surface area (Å²) < 4.78 is 0. The highest BCUT2D eigenvalue weighted by atomic mass is 32.1. The summed E-state index contributed by atoms with van der Waals surface area (Å²) in [5, 5.41) is 52.8. The number of carbonyl (C=O) groups excluding carboxylic acids is 7. The Balaban J connectivity index is 2.17. The van der Waals surface area contributed by atoms with Gasteiger partial charge in [-0.3, -0.25) is 43.3 Å². The Hall–Kier alpha value is -5.86. The van der Waals surface area contributed by atoms with E-state index in [0.29, 0.717) is 5.56 Å². The van der Waals surface area contributed by atoms with E-state index in [1.54, 1.807) is 0 Å². The van der Waals surface area contributed by atoms with Crippen LogP contribution in [-0.4, -0.2) is 165 Å². The maximum absolute atomic E-state index is 13.7. The Morgan fingerprint density at radius 2 is 1.41 bits per heavy atom. The summed E-state index contributed by atoms with van der Waals surface area (Å²) in [6.45, 7) is -1.66. The number of benzene rings is 1. The predicted octanol–water partition coefficient (Wildman–Crippen LogP) is -5.74. The molecule has 7 atom stereocenters. The highest BCUT2D eigenvalue weighted by Gasteiger charge is 2.40. The number of carboxylic acid groups (broad SMARTS) is 2. The molecule has 0 radical (unpaired) electrons. The average molecular weight is 900 g/mol. The van der Waals surface area contributed by atoms with Crippen molar-refractivity contribution in [1.82, 2.24) is 36.8 Å². The standard InChI is InChI=1S/C35H53N11O13S2/c36-19(15-60)28(52)40-13-26(49)41-20(3-1-9-39-35(37)38)29(53)42-21(12-27(50)51)30(54)44-23(14-47)33(57)46-10-2-4-25(46)32(56)45-24(16-61)31(55)43-22(34(58)59)11-17-5-7-18(48)8-6-17/h5-8,19-25,47-48,60-61H,1-4,9-16,36H2,(H,40,52)(H,41,49)(H,42,53)(H,43,55)(H,44,54)(H,45,56)(H,50,51)(H,58,59)(H4,37,38,39)/t19-,20+,21+,22+,23+,24-,25+/m1/s1. The fourth-order valence-corrected chi connectivity index (χ4v) is 6.24. The third-order valence-electron chi connectivity index (χ3n) is 9.01. The van der Waals surface area contributed by atoms with Crippen molar-refractivity contribution >= 4 is 84.5 Å². The number of aliphatic hydroxyl groups excluding tert-OH is 1. The number of rotatable bonds is 25. The summed E-state index contributed by atoms with van der Waals surface area (Å²) in [5.41, 5.74) is 16.7. The zero-order chi connectivity index (χ0) is 45.8. The van der Waals surface area contributed by atoms with Crippen molar-refractivity contribution in [2.24, 2.45) is 22.2 Å². The van der Waals surface area contributed by atoms with Crippen molar-refractivity contribution in [3.8, 4) is 5.75 Å². The fourth-order valence-electron chi connectivity index (χ4n) is 5.82. The van der Waals surface area contributed by atoms with E-state index in [2.05, 4.69) is 62.2 Å². The van der Waals surface area contributed by atoms with Crippen LogP contribution in [0.15, 0.2) is 29.3 Å². The number of hydrogen-bond acceptors (Lipinski definition) is 15. The smallest absolute Gasteiger partial charge is 0.326 e. The zero-order valence-corrected chi connectivity index (χ0v) is 34.6. The number of carbonyl (C=O) groups is 9. The van der Waals surface area contributed by atoms with E-state index in [0.717, 1.165) is 4.90 Å². The molecule has 1 aliphatic rings. The van der Waals surface area contributed by atoms with Crippen LogP contribution in [0.5, 0.6) is 5.75 Å². The van der Waals surface area contributed by atoms with Crippen LogP contribution in [0, 0.1) is 0 Å². The van der Waals surface area contributed by atoms with Gasteiger partial charge in [-0.25, -0.2) is 4.79 Å². The predicted molar refractivity (Wildman–Crippen MR) is 222 cm³/mol. The third kappa shape index (κ3) is 17.3. The number of aliphatic imine (C=N–C) groups is 1. The van der Waals surface area contributed by atoms with Crippen LogP contribution in [-0.2, 0) is 49.6 Å². The highest BCUT2D eigenvalue weighted by Crippen LogP contribution is 2.19. The van der Waals surface area contributed by atoms with Crippen LogP contribution in [0.25, 0.3) is 0 Å². The topological polar surface area (TPSA) is 400 Å². The lowest BCUT2D eigenvalue weighted by Gasteiger charge is -2.30. The van der Waals surface area contributed by atoms with Gasteiger partial charge in [0, 0.05) is 31.0 Å². The lowest BCUT2D eigenvalue weighted by molar-refractivity contribution is -0.144. The average Bonchev–Trinajstić information content (AvgIpc) is 3.71. The van der Waals surface area contributed by atoms with E-state index < -0.39 is 115 Å². The van der Waals surface area contributed by atoms with E-state index in [9.17, 15) is 63.6 Å². The molecular formula is C35H53N11O13S2. The summed E-state index contributed by atoms with van der Waals surface area (Å²) in [6.07, 6.45) is -0.833. The molecule has 0 bridgehead atoms. The molecule has 1 aliphatic heterocycles. The maximum atomic E-state index is 13.7. The first-order valence-corrected chi connectivity index (χ1v) is 20.0. The van der Waals surface area contributed by atoms with Gasteiger partial charge in [0.2, 0.25) is 41.4 Å². The summed E-state index contributed by atoms with van der Waals surface area (Å²) in [4.78, 5) is 120. The SMILES string of the molecule is NC(N)=NCCC[C@H](NC(=O)CNC(=O)[C@H](N)CS)C(=O)N[C@@H](CC(=O)O)C(=O)N[C@@H](CO)C(=O)N1CCC[C@H]1C(=O)N[C@H](CS)C(=O)N[C@@H](Cc1ccc(O)cc1)C(=O)O. The second-order valence-electron chi connectivity index (χ2n) is 13.7. The van der Waals surface area contributed by atoms with E-state index in [4.69, 9.17) is 17.2 Å². The number of thiol groups is 2. The number of phenolic OH excluding ortho intramolecular Hbond substituents is 1. The molecule has 0 aromatic heterocycles. The molecule has 338 valence electrons. The number of carboxylic acids is 2. The molecule has 24 nitrogen and oxygen atoms in total. The normalized spacial score (nSPS) is 16.3. The summed E-state index contributed by atoms with van der Waals surface area (Å²) in [6, 6.07) is -4.44. The van der Waals surface area contributed by atoms with Crippen molar-refractivity contribution < 1.29 is 63.6 Å². The zero-order valence-electron chi connectivity index (χ0n) is 32.8. The van der Waals surface area contributed by atoms with Gasteiger partial charge >= 0.3 is 11.9 Å². The molecular weight excluding hydrogens is 847 g/mol. The van der Waals surface area contributed by atoms with Gasteiger partial charge < -0.3 is 74.4 Å². The van der Waals surface area contributed by atoms with Gasteiger partial charge in [0.15, 0.2) is 5.96 Å². The Kier molecular flexibility index (Phi) is 21.6. The van der Waals surface area contributed by atoms with Gasteiger partial charge in [0.05, 0.1) is 25.6 Å². The van der Waals surface area contributed by atoms with Gasteiger partial charge in [-0.1, -0.05) is 12.1 Å². The second kappa shape index (κ2) is 25.7. The Labute approximate surface area is 360 Å². The van der Waals surface area contributed by atoms with Gasteiger partial charge in [-0.15, -0.1) is 0 Å². The minimum atomic E-state index is -1.87. The number of aliphatic hydroxyl groups is 1. The van der Waals surface area contributed by atoms with Crippen LogP contribution in [0.1, 0.15) is 37.7 Å². The summed E-state index contributed by atoms with van der Waals surface area (Å²) in [7, 11) is 0. The molecule has 0 spiro atoms. The lowest BCUT2D eigenvalue weighted by Crippen LogP contribution is -2.60. The minimum Gasteiger partial charge on any atom is -0.508 e. The number of nitrogens with two attached hydrogens (primary N) is 3. The Morgan fingerprint density at radius 3 is 1.98 bits per heavy atom. The van der Waals surface area contributed by atoms with Crippen LogP contribution >= 0.6 is 25.3 Å². The van der Waals surface area contributed by atoms with Crippen LogP contribution < -0.4 is 49.1 Å².